The van der Waals surface area contributed by atoms with Crippen LogP contribution in [0.15, 0.2) is 50.8 Å². The third-order valence-electron chi connectivity index (χ3n) is 4.08. The first-order valence-corrected chi connectivity index (χ1v) is 9.96. The Kier molecular flexibility index (Phi) is 6.29. The molecule has 1 heterocycles. The van der Waals surface area contributed by atoms with Crippen molar-refractivity contribution in [1.82, 2.24) is 4.90 Å². The molecule has 29 heavy (non-hydrogen) atoms. The van der Waals surface area contributed by atoms with E-state index in [1.165, 1.54) is 28.8 Å². The molecule has 150 valence electrons. The van der Waals surface area contributed by atoms with Crippen LogP contribution >= 0.6 is 27.7 Å². The zero-order valence-corrected chi connectivity index (χ0v) is 18.2. The summed E-state index contributed by atoms with van der Waals surface area (Å²) in [6, 6.07) is 9.85. The lowest BCUT2D eigenvalue weighted by Gasteiger charge is -2.10. The van der Waals surface area contributed by atoms with Crippen LogP contribution in [-0.4, -0.2) is 48.3 Å². The number of carboxylic acid groups (broad SMARTS) is 1. The highest BCUT2D eigenvalue weighted by molar-refractivity contribution is 9.10. The topological polar surface area (TPSA) is 88.4 Å². The van der Waals surface area contributed by atoms with Crippen molar-refractivity contribution in [3.05, 3.63) is 56.9 Å². The quantitative estimate of drug-likeness (QED) is 0.643. The number of ether oxygens (including phenoxy) is 2. The van der Waals surface area contributed by atoms with Crippen molar-refractivity contribution in [2.45, 2.75) is 0 Å². The predicted octanol–water partition coefficient (Wildman–Crippen LogP) is 4.40. The Labute approximate surface area is 180 Å². The summed E-state index contributed by atoms with van der Waals surface area (Å²) in [5.74, 6) is -0.126. The van der Waals surface area contributed by atoms with Gasteiger partial charge in [0.25, 0.3) is 5.91 Å². The predicted molar refractivity (Wildman–Crippen MR) is 116 cm³/mol. The molecular weight excluding hydrogens is 460 g/mol. The van der Waals surface area contributed by atoms with Crippen molar-refractivity contribution in [2.75, 3.05) is 21.3 Å². The first kappa shape index (κ1) is 20.9. The molecule has 1 amide bonds. The van der Waals surface area contributed by atoms with Crippen molar-refractivity contribution < 1.29 is 24.2 Å². The van der Waals surface area contributed by atoms with E-state index >= 15 is 0 Å². The smallest absolute Gasteiger partial charge is 0.335 e. The number of halogens is 1. The second-order valence-corrected chi connectivity index (χ2v) is 7.83. The van der Waals surface area contributed by atoms with E-state index < -0.39 is 5.97 Å². The van der Waals surface area contributed by atoms with Crippen LogP contribution in [0.25, 0.3) is 6.08 Å². The maximum Gasteiger partial charge on any atom is 0.335 e. The van der Waals surface area contributed by atoms with Gasteiger partial charge in [-0.3, -0.25) is 9.69 Å². The fraction of sp³-hybridized carbons (Fsp3) is 0.150. The van der Waals surface area contributed by atoms with Gasteiger partial charge in [0.05, 0.1) is 34.8 Å². The molecule has 1 aliphatic rings. The van der Waals surface area contributed by atoms with E-state index in [-0.39, 0.29) is 11.5 Å². The van der Waals surface area contributed by atoms with Gasteiger partial charge in [-0.05, 0) is 69.7 Å². The first-order chi connectivity index (χ1) is 13.8. The van der Waals surface area contributed by atoms with Gasteiger partial charge in [0.2, 0.25) is 0 Å². The summed E-state index contributed by atoms with van der Waals surface area (Å²) in [4.78, 5) is 30.1. The number of thioether (sulfide) groups is 1. The van der Waals surface area contributed by atoms with E-state index in [4.69, 9.17) is 14.6 Å². The van der Waals surface area contributed by atoms with E-state index in [1.54, 1.807) is 45.5 Å². The number of amides is 1. The van der Waals surface area contributed by atoms with Gasteiger partial charge in [-0.15, -0.1) is 0 Å². The SMILES string of the molecule is COc1cc(C=C2SC(=Nc3cccc(C(=O)O)c3)N(C)C2=O)cc(Br)c1OC. The molecule has 2 aromatic carbocycles. The number of nitrogens with zero attached hydrogens (tertiary/aromatic N) is 2. The number of hydrogen-bond donors (Lipinski definition) is 1. The molecular formula is C20H17BrN2O5S. The molecule has 3 rings (SSSR count). The number of rotatable bonds is 5. The Morgan fingerprint density at radius 3 is 2.66 bits per heavy atom. The molecule has 1 saturated heterocycles. The van der Waals surface area contributed by atoms with Crippen molar-refractivity contribution in [3.63, 3.8) is 0 Å². The van der Waals surface area contributed by atoms with Crippen LogP contribution in [0.5, 0.6) is 11.5 Å². The van der Waals surface area contributed by atoms with Crippen LogP contribution in [0, 0.1) is 0 Å². The molecule has 1 fully saturated rings. The molecule has 7 nitrogen and oxygen atoms in total. The van der Waals surface area contributed by atoms with Crippen molar-refractivity contribution in [2.24, 2.45) is 4.99 Å². The molecule has 0 spiro atoms. The summed E-state index contributed by atoms with van der Waals surface area (Å²) in [6.07, 6.45) is 1.74. The maximum atomic E-state index is 12.6. The van der Waals surface area contributed by atoms with Gasteiger partial charge >= 0.3 is 5.97 Å². The number of benzene rings is 2. The Morgan fingerprint density at radius 2 is 2.00 bits per heavy atom. The minimum atomic E-state index is -1.03. The van der Waals surface area contributed by atoms with Crippen LogP contribution in [0.2, 0.25) is 0 Å². The van der Waals surface area contributed by atoms with E-state index in [0.717, 1.165) is 5.56 Å². The van der Waals surface area contributed by atoms with Gasteiger partial charge < -0.3 is 14.6 Å². The third-order valence-corrected chi connectivity index (χ3v) is 5.72. The highest BCUT2D eigenvalue weighted by Gasteiger charge is 2.30. The van der Waals surface area contributed by atoms with E-state index in [0.29, 0.717) is 31.7 Å². The van der Waals surface area contributed by atoms with Crippen LogP contribution in [0.1, 0.15) is 15.9 Å². The molecule has 0 saturated carbocycles. The number of carbonyl (C=O) groups is 2. The van der Waals surface area contributed by atoms with Crippen LogP contribution in [-0.2, 0) is 4.79 Å². The second kappa shape index (κ2) is 8.71. The van der Waals surface area contributed by atoms with E-state index in [1.807, 2.05) is 6.07 Å². The molecule has 0 bridgehead atoms. The molecule has 0 radical (unpaired) electrons. The van der Waals surface area contributed by atoms with Crippen LogP contribution in [0.4, 0.5) is 5.69 Å². The molecule has 1 aliphatic heterocycles. The molecule has 9 heteroatoms. The molecule has 2 aromatic rings. The number of methoxy groups -OCH3 is 2. The number of hydrogen-bond acceptors (Lipinski definition) is 6. The van der Waals surface area contributed by atoms with Gasteiger partial charge in [-0.1, -0.05) is 6.07 Å². The normalized spacial score (nSPS) is 16.6. The number of carboxylic acids is 1. The fourth-order valence-corrected chi connectivity index (χ4v) is 4.25. The monoisotopic (exact) mass is 476 g/mol. The van der Waals surface area contributed by atoms with E-state index in [9.17, 15) is 9.59 Å². The summed E-state index contributed by atoms with van der Waals surface area (Å²) < 4.78 is 11.4. The Bertz CT molecular complexity index is 1050. The van der Waals surface area contributed by atoms with Gasteiger partial charge in [0.15, 0.2) is 16.7 Å². The van der Waals surface area contributed by atoms with Crippen LogP contribution in [0.3, 0.4) is 0 Å². The minimum Gasteiger partial charge on any atom is -0.493 e. The third kappa shape index (κ3) is 4.46. The summed E-state index contributed by atoms with van der Waals surface area (Å²) in [5, 5.41) is 9.58. The summed E-state index contributed by atoms with van der Waals surface area (Å²) in [5.41, 5.74) is 1.35. The van der Waals surface area contributed by atoms with Gasteiger partial charge in [-0.25, -0.2) is 9.79 Å². The standard InChI is InChI=1S/C20H17BrN2O5S/c1-23-18(24)16(9-11-7-14(21)17(28-3)15(8-11)27-2)29-20(23)22-13-6-4-5-12(10-13)19(25)26/h4-10H,1-3H3,(H,25,26). The lowest BCUT2D eigenvalue weighted by Crippen LogP contribution is -2.23. The largest absolute Gasteiger partial charge is 0.493 e. The molecule has 0 unspecified atom stereocenters. The number of aromatic carboxylic acids is 1. The summed E-state index contributed by atoms with van der Waals surface area (Å²) in [6.45, 7) is 0. The molecule has 0 atom stereocenters. The molecule has 1 N–H and O–H groups in total. The molecule has 0 aliphatic carbocycles. The van der Waals surface area contributed by atoms with Gasteiger partial charge in [0.1, 0.15) is 0 Å². The maximum absolute atomic E-state index is 12.6. The number of likely N-dealkylation sites (N-methyl/N-ethyl adjacent to an activating group) is 1. The first-order valence-electron chi connectivity index (χ1n) is 8.35. The average Bonchev–Trinajstić information content (AvgIpc) is 2.95. The second-order valence-electron chi connectivity index (χ2n) is 5.96. The minimum absolute atomic E-state index is 0.134. The van der Waals surface area contributed by atoms with Crippen molar-refractivity contribution in [1.29, 1.82) is 0 Å². The van der Waals surface area contributed by atoms with Gasteiger partial charge in [0, 0.05) is 7.05 Å². The highest BCUT2D eigenvalue weighted by Crippen LogP contribution is 2.39. The Morgan fingerprint density at radius 1 is 1.24 bits per heavy atom. The number of amidine groups is 1. The zero-order chi connectivity index (χ0) is 21.1. The Balaban J connectivity index is 1.94. The summed E-state index contributed by atoms with van der Waals surface area (Å²) in [7, 11) is 4.72. The lowest BCUT2D eigenvalue weighted by molar-refractivity contribution is -0.121. The Hall–Kier alpha value is -2.78. The van der Waals surface area contributed by atoms with E-state index in [2.05, 4.69) is 20.9 Å². The van der Waals surface area contributed by atoms with Crippen LogP contribution < -0.4 is 9.47 Å². The number of carbonyl (C=O) groups excluding carboxylic acids is 1. The highest BCUT2D eigenvalue weighted by atomic mass is 79.9. The van der Waals surface area contributed by atoms with Gasteiger partial charge in [-0.2, -0.15) is 0 Å². The van der Waals surface area contributed by atoms with Crippen molar-refractivity contribution >= 4 is 56.5 Å². The lowest BCUT2D eigenvalue weighted by atomic mass is 10.2. The number of aliphatic imine (C=N–C) groups is 1. The average molecular weight is 477 g/mol. The molecule has 0 aromatic heterocycles. The summed E-state index contributed by atoms with van der Waals surface area (Å²) >= 11 is 4.65. The fourth-order valence-electron chi connectivity index (χ4n) is 2.64. The van der Waals surface area contributed by atoms with Crippen molar-refractivity contribution in [3.8, 4) is 11.5 Å². The zero-order valence-electron chi connectivity index (χ0n) is 15.8.